The Bertz CT molecular complexity index is 1250. The maximum absolute atomic E-state index is 12.9. The molecule has 0 amide bonds. The highest BCUT2D eigenvalue weighted by Gasteiger charge is 2.28. The smallest absolute Gasteiger partial charge is 0.329 e. The fraction of sp³-hybridized carbons (Fsp3) is 0.429. The lowest BCUT2D eigenvalue weighted by molar-refractivity contribution is 0.600. The molecule has 0 spiro atoms. The van der Waals surface area contributed by atoms with Crippen molar-refractivity contribution in [2.75, 3.05) is 18.0 Å². The standard InChI is InChI=1S/C21H25N7O2/c1-13(16-9-4-3-7-14(16)11-22)28-17-18(26(2)21(30)25-19(17)29)24-20(28)27-10-6-5-8-15(23)12-27/h3-4,7,9,13,15H,5-6,8,10,12,23H2,1-2H3,(H,25,29,30). The third kappa shape index (κ3) is 3.29. The molecule has 0 saturated carbocycles. The number of aromatic amines is 1. The number of benzene rings is 1. The number of fused-ring (bicyclic) bond motifs is 1. The van der Waals surface area contributed by atoms with Gasteiger partial charge >= 0.3 is 5.69 Å². The number of aromatic nitrogens is 4. The van der Waals surface area contributed by atoms with Gasteiger partial charge in [-0.15, -0.1) is 0 Å². The molecule has 0 aliphatic carbocycles. The van der Waals surface area contributed by atoms with Gasteiger partial charge in [0, 0.05) is 26.2 Å². The second-order valence-electron chi connectivity index (χ2n) is 7.85. The van der Waals surface area contributed by atoms with Gasteiger partial charge in [0.15, 0.2) is 11.2 Å². The molecule has 4 rings (SSSR count). The zero-order chi connectivity index (χ0) is 21.4. The monoisotopic (exact) mass is 407 g/mol. The summed E-state index contributed by atoms with van der Waals surface area (Å²) in [7, 11) is 1.59. The molecule has 9 heteroatoms. The zero-order valence-electron chi connectivity index (χ0n) is 17.1. The summed E-state index contributed by atoms with van der Waals surface area (Å²) in [6.45, 7) is 3.31. The van der Waals surface area contributed by atoms with Crippen molar-refractivity contribution >= 4 is 17.1 Å². The molecule has 9 nitrogen and oxygen atoms in total. The molecular formula is C21H25N7O2. The van der Waals surface area contributed by atoms with E-state index in [0.717, 1.165) is 31.4 Å². The lowest BCUT2D eigenvalue weighted by atomic mass is 10.0. The normalized spacial score (nSPS) is 18.2. The zero-order valence-corrected chi connectivity index (χ0v) is 17.1. The van der Waals surface area contributed by atoms with E-state index in [1.54, 1.807) is 13.1 Å². The minimum Gasteiger partial charge on any atom is -0.341 e. The summed E-state index contributed by atoms with van der Waals surface area (Å²) < 4.78 is 3.18. The Kier molecular flexibility index (Phi) is 5.18. The van der Waals surface area contributed by atoms with E-state index < -0.39 is 11.2 Å². The molecule has 2 atom stereocenters. The number of nitrogens with one attached hydrogen (secondary N) is 1. The van der Waals surface area contributed by atoms with E-state index >= 15 is 0 Å². The molecular weight excluding hydrogens is 382 g/mol. The number of anilines is 1. The summed E-state index contributed by atoms with van der Waals surface area (Å²) in [6, 6.07) is 9.20. The van der Waals surface area contributed by atoms with Gasteiger partial charge in [-0.1, -0.05) is 24.6 Å². The van der Waals surface area contributed by atoms with E-state index in [2.05, 4.69) is 16.0 Å². The lowest BCUT2D eigenvalue weighted by Crippen LogP contribution is -2.37. The number of H-pyrrole nitrogens is 1. The first-order valence-corrected chi connectivity index (χ1v) is 10.1. The van der Waals surface area contributed by atoms with Crippen LogP contribution in [0.15, 0.2) is 33.9 Å². The highest BCUT2D eigenvalue weighted by molar-refractivity contribution is 5.75. The third-order valence-corrected chi connectivity index (χ3v) is 5.84. The highest BCUT2D eigenvalue weighted by Crippen LogP contribution is 2.31. The first kappa shape index (κ1) is 19.9. The van der Waals surface area contributed by atoms with Crippen LogP contribution in [0.4, 0.5) is 5.95 Å². The van der Waals surface area contributed by atoms with Gasteiger partial charge < -0.3 is 10.6 Å². The number of aryl methyl sites for hydroxylation is 1. The summed E-state index contributed by atoms with van der Waals surface area (Å²) in [5.41, 5.74) is 7.22. The molecule has 3 N–H and O–H groups in total. The largest absolute Gasteiger partial charge is 0.341 e. The van der Waals surface area contributed by atoms with Gasteiger partial charge in [0.25, 0.3) is 5.56 Å². The Morgan fingerprint density at radius 2 is 2.07 bits per heavy atom. The lowest BCUT2D eigenvalue weighted by Gasteiger charge is -2.27. The van der Waals surface area contributed by atoms with E-state index in [1.165, 1.54) is 4.57 Å². The van der Waals surface area contributed by atoms with Gasteiger partial charge in [0.2, 0.25) is 5.95 Å². The number of hydrogen-bond donors (Lipinski definition) is 2. The van der Waals surface area contributed by atoms with E-state index in [9.17, 15) is 14.9 Å². The van der Waals surface area contributed by atoms with Crippen molar-refractivity contribution in [3.8, 4) is 6.07 Å². The van der Waals surface area contributed by atoms with Gasteiger partial charge in [0.1, 0.15) is 0 Å². The number of nitriles is 1. The summed E-state index contributed by atoms with van der Waals surface area (Å²) in [5.74, 6) is 0.592. The van der Waals surface area contributed by atoms with E-state index in [4.69, 9.17) is 10.7 Å². The van der Waals surface area contributed by atoms with E-state index in [1.807, 2.05) is 29.7 Å². The average molecular weight is 407 g/mol. The quantitative estimate of drug-likeness (QED) is 0.672. The molecule has 1 aliphatic rings. The summed E-state index contributed by atoms with van der Waals surface area (Å²) in [6.07, 6.45) is 2.93. The van der Waals surface area contributed by atoms with Crippen molar-refractivity contribution in [3.05, 3.63) is 56.2 Å². The average Bonchev–Trinajstić information content (AvgIpc) is 3.02. The first-order chi connectivity index (χ1) is 14.4. The van der Waals surface area contributed by atoms with Crippen LogP contribution in [-0.2, 0) is 7.05 Å². The summed E-state index contributed by atoms with van der Waals surface area (Å²) >= 11 is 0. The first-order valence-electron chi connectivity index (χ1n) is 10.1. The van der Waals surface area contributed by atoms with Crippen LogP contribution >= 0.6 is 0 Å². The second-order valence-corrected chi connectivity index (χ2v) is 7.85. The maximum Gasteiger partial charge on any atom is 0.329 e. The number of rotatable bonds is 3. The fourth-order valence-corrected chi connectivity index (χ4v) is 4.24. The number of hydrogen-bond acceptors (Lipinski definition) is 6. The Balaban J connectivity index is 2.01. The maximum atomic E-state index is 12.9. The van der Waals surface area contributed by atoms with Gasteiger partial charge in [-0.25, -0.2) is 4.79 Å². The number of nitrogens with zero attached hydrogens (tertiary/aromatic N) is 5. The molecule has 3 aromatic rings. The SMILES string of the molecule is CC(c1ccccc1C#N)n1c(N2CCCCC(N)C2)nc2c1c(=O)[nH]c(=O)n2C. The van der Waals surface area contributed by atoms with Gasteiger partial charge in [0.05, 0.1) is 17.7 Å². The molecule has 30 heavy (non-hydrogen) atoms. The highest BCUT2D eigenvalue weighted by atomic mass is 16.2. The van der Waals surface area contributed by atoms with E-state index in [0.29, 0.717) is 29.2 Å². The van der Waals surface area contributed by atoms with Crippen LogP contribution in [0.1, 0.15) is 43.4 Å². The van der Waals surface area contributed by atoms with Crippen LogP contribution in [-0.4, -0.2) is 38.2 Å². The Morgan fingerprint density at radius 1 is 1.30 bits per heavy atom. The van der Waals surface area contributed by atoms with Crippen molar-refractivity contribution in [3.63, 3.8) is 0 Å². The van der Waals surface area contributed by atoms with Gasteiger partial charge in [-0.05, 0) is 31.4 Å². The van der Waals surface area contributed by atoms with Crippen LogP contribution in [0.2, 0.25) is 0 Å². The number of imidazole rings is 1. The topological polar surface area (TPSA) is 126 Å². The molecule has 2 aromatic heterocycles. The molecule has 1 fully saturated rings. The molecule has 1 saturated heterocycles. The Labute approximate surface area is 173 Å². The van der Waals surface area contributed by atoms with Crippen molar-refractivity contribution in [1.29, 1.82) is 5.26 Å². The van der Waals surface area contributed by atoms with E-state index in [-0.39, 0.29) is 12.1 Å². The van der Waals surface area contributed by atoms with Crippen LogP contribution in [0, 0.1) is 11.3 Å². The molecule has 2 unspecified atom stereocenters. The summed E-state index contributed by atoms with van der Waals surface area (Å²) in [4.78, 5) is 34.2. The Morgan fingerprint density at radius 3 is 2.83 bits per heavy atom. The molecule has 0 bridgehead atoms. The molecule has 1 aliphatic heterocycles. The second kappa shape index (κ2) is 7.80. The van der Waals surface area contributed by atoms with Crippen molar-refractivity contribution in [2.45, 2.75) is 38.3 Å². The third-order valence-electron chi connectivity index (χ3n) is 5.84. The fourth-order valence-electron chi connectivity index (χ4n) is 4.24. The predicted octanol–water partition coefficient (Wildman–Crippen LogP) is 1.22. The van der Waals surface area contributed by atoms with Crippen LogP contribution < -0.4 is 21.9 Å². The molecule has 1 aromatic carbocycles. The van der Waals surface area contributed by atoms with Crippen LogP contribution in [0.3, 0.4) is 0 Å². The minimum atomic E-state index is -0.513. The van der Waals surface area contributed by atoms with Gasteiger partial charge in [-0.3, -0.25) is 18.9 Å². The Hall–Kier alpha value is -3.38. The van der Waals surface area contributed by atoms with Crippen LogP contribution in [0.5, 0.6) is 0 Å². The van der Waals surface area contributed by atoms with Crippen molar-refractivity contribution in [1.82, 2.24) is 19.1 Å². The summed E-state index contributed by atoms with van der Waals surface area (Å²) in [5, 5.41) is 9.59. The van der Waals surface area contributed by atoms with Gasteiger partial charge in [-0.2, -0.15) is 10.2 Å². The molecule has 0 radical (unpaired) electrons. The molecule has 156 valence electrons. The van der Waals surface area contributed by atoms with Crippen molar-refractivity contribution < 1.29 is 0 Å². The number of nitrogens with two attached hydrogens (primary N) is 1. The van der Waals surface area contributed by atoms with Crippen molar-refractivity contribution in [2.24, 2.45) is 12.8 Å². The predicted molar refractivity (Wildman–Crippen MR) is 115 cm³/mol. The van der Waals surface area contributed by atoms with Crippen LogP contribution in [0.25, 0.3) is 11.2 Å². The minimum absolute atomic E-state index is 0.00423. The molecule has 3 heterocycles.